The molecule has 0 aliphatic carbocycles. The second kappa shape index (κ2) is 6.78. The summed E-state index contributed by atoms with van der Waals surface area (Å²) in [6.07, 6.45) is -3.83. The second-order valence-corrected chi connectivity index (χ2v) is 6.32. The Labute approximate surface area is 159 Å². The number of rotatable bonds is 4. The third kappa shape index (κ3) is 2.85. The highest BCUT2D eigenvalue weighted by Gasteiger charge is 2.36. The van der Waals surface area contributed by atoms with E-state index in [2.05, 4.69) is 10.4 Å². The normalized spacial score (nSPS) is 13.2. The first-order valence-electron chi connectivity index (χ1n) is 8.69. The van der Waals surface area contributed by atoms with Crippen LogP contribution in [0.5, 0.6) is 11.5 Å². The fraction of sp³-hybridized carbons (Fsp3) is 0.250. The van der Waals surface area contributed by atoms with E-state index in [0.29, 0.717) is 41.5 Å². The van der Waals surface area contributed by atoms with Gasteiger partial charge < -0.3 is 14.8 Å². The Bertz CT molecular complexity index is 1030. The minimum absolute atomic E-state index is 0.0197. The van der Waals surface area contributed by atoms with Crippen LogP contribution in [0.1, 0.15) is 11.1 Å². The van der Waals surface area contributed by atoms with Crippen molar-refractivity contribution in [3.8, 4) is 28.4 Å². The van der Waals surface area contributed by atoms with Crippen LogP contribution in [0.3, 0.4) is 0 Å². The van der Waals surface area contributed by atoms with Gasteiger partial charge in [-0.3, -0.25) is 0 Å². The summed E-state index contributed by atoms with van der Waals surface area (Å²) in [5, 5.41) is 7.71. The van der Waals surface area contributed by atoms with Crippen molar-refractivity contribution in [1.82, 2.24) is 9.78 Å². The Morgan fingerprint density at radius 3 is 2.54 bits per heavy atom. The van der Waals surface area contributed by atoms with Crippen molar-refractivity contribution >= 4 is 5.82 Å². The zero-order valence-corrected chi connectivity index (χ0v) is 15.3. The van der Waals surface area contributed by atoms with Crippen molar-refractivity contribution in [1.29, 1.82) is 0 Å². The molecule has 4 rings (SSSR count). The molecular weight excluding hydrogens is 371 g/mol. The highest BCUT2D eigenvalue weighted by molar-refractivity contribution is 5.79. The molecule has 2 heterocycles. The first-order valence-corrected chi connectivity index (χ1v) is 8.69. The lowest BCUT2D eigenvalue weighted by Crippen LogP contribution is -2.13. The number of aromatic nitrogens is 2. The van der Waals surface area contributed by atoms with Crippen molar-refractivity contribution in [2.45, 2.75) is 12.6 Å². The molecule has 0 unspecified atom stereocenters. The van der Waals surface area contributed by atoms with Gasteiger partial charge in [-0.05, 0) is 30.7 Å². The molecule has 28 heavy (non-hydrogen) atoms. The molecule has 0 fully saturated rings. The van der Waals surface area contributed by atoms with Crippen molar-refractivity contribution in [3.05, 3.63) is 53.6 Å². The molecule has 0 spiro atoms. The molecule has 0 bridgehead atoms. The van der Waals surface area contributed by atoms with Crippen molar-refractivity contribution in [3.63, 3.8) is 0 Å². The Balaban J connectivity index is 1.95. The summed E-state index contributed by atoms with van der Waals surface area (Å²) in [5.41, 5.74) is 1.34. The van der Waals surface area contributed by atoms with Crippen LogP contribution in [-0.2, 0) is 12.6 Å². The first kappa shape index (κ1) is 18.2. The van der Waals surface area contributed by atoms with E-state index in [1.807, 2.05) is 6.07 Å². The van der Waals surface area contributed by atoms with Gasteiger partial charge in [-0.1, -0.05) is 18.2 Å². The predicted octanol–water partition coefficient (Wildman–Crippen LogP) is 4.54. The summed E-state index contributed by atoms with van der Waals surface area (Å²) in [7, 11) is 3.06. The number of fused-ring (bicyclic) bond motifs is 1. The zero-order chi connectivity index (χ0) is 19.9. The van der Waals surface area contributed by atoms with Gasteiger partial charge in [0.1, 0.15) is 11.5 Å². The number of nitrogens with zero attached hydrogens (tertiary/aromatic N) is 2. The van der Waals surface area contributed by atoms with Gasteiger partial charge >= 0.3 is 6.18 Å². The molecule has 1 aromatic heterocycles. The Kier molecular flexibility index (Phi) is 4.41. The minimum atomic E-state index is -4.48. The number of nitrogens with one attached hydrogen (secondary N) is 1. The largest absolute Gasteiger partial charge is 0.493 e. The zero-order valence-electron chi connectivity index (χ0n) is 15.3. The Morgan fingerprint density at radius 1 is 1.04 bits per heavy atom. The van der Waals surface area contributed by atoms with E-state index in [9.17, 15) is 13.2 Å². The van der Waals surface area contributed by atoms with Crippen LogP contribution >= 0.6 is 0 Å². The molecule has 1 N–H and O–H groups in total. The summed E-state index contributed by atoms with van der Waals surface area (Å²) in [5.74, 6) is 1.59. The van der Waals surface area contributed by atoms with E-state index in [-0.39, 0.29) is 5.69 Å². The Hall–Kier alpha value is -3.16. The van der Waals surface area contributed by atoms with Crippen LogP contribution < -0.4 is 14.8 Å². The van der Waals surface area contributed by atoms with Gasteiger partial charge in [0.2, 0.25) is 0 Å². The number of hydrogen-bond donors (Lipinski definition) is 1. The third-order valence-electron chi connectivity index (χ3n) is 4.75. The minimum Gasteiger partial charge on any atom is -0.493 e. The summed E-state index contributed by atoms with van der Waals surface area (Å²) >= 11 is 0. The molecule has 3 aromatic rings. The summed E-state index contributed by atoms with van der Waals surface area (Å²) in [6.45, 7) is 0.626. The standard InChI is InChI=1S/C20H18F3N3O2/c1-27-16-9-5-6-12(18(16)28-2)17-13-10-11-24-19(13)26(25-17)15-8-4-3-7-14(15)20(21,22)23/h3-9,24H,10-11H2,1-2H3. The number of halogens is 3. The molecule has 0 atom stereocenters. The molecular formula is C20H18F3N3O2. The van der Waals surface area contributed by atoms with Crippen LogP contribution in [0.15, 0.2) is 42.5 Å². The van der Waals surface area contributed by atoms with E-state index in [1.54, 1.807) is 18.2 Å². The van der Waals surface area contributed by atoms with Gasteiger partial charge in [-0.25, -0.2) is 4.68 Å². The van der Waals surface area contributed by atoms with Crippen molar-refractivity contribution in [2.75, 3.05) is 26.1 Å². The lowest BCUT2D eigenvalue weighted by molar-refractivity contribution is -0.137. The number of benzene rings is 2. The quantitative estimate of drug-likeness (QED) is 0.712. The number of methoxy groups -OCH3 is 2. The lowest BCUT2D eigenvalue weighted by Gasteiger charge is -2.14. The molecule has 0 amide bonds. The second-order valence-electron chi connectivity index (χ2n) is 6.32. The van der Waals surface area contributed by atoms with Crippen LogP contribution in [0.4, 0.5) is 19.0 Å². The maximum atomic E-state index is 13.5. The molecule has 146 valence electrons. The number of alkyl halides is 3. The molecule has 1 aliphatic heterocycles. The maximum absolute atomic E-state index is 13.5. The number of para-hydroxylation sites is 2. The topological polar surface area (TPSA) is 48.3 Å². The summed E-state index contributed by atoms with van der Waals surface area (Å²) < 4.78 is 52.8. The van der Waals surface area contributed by atoms with Crippen LogP contribution in [0, 0.1) is 0 Å². The third-order valence-corrected chi connectivity index (χ3v) is 4.75. The molecule has 2 aromatic carbocycles. The van der Waals surface area contributed by atoms with Crippen LogP contribution in [0.2, 0.25) is 0 Å². The van der Waals surface area contributed by atoms with E-state index < -0.39 is 11.7 Å². The summed E-state index contributed by atoms with van der Waals surface area (Å²) in [6, 6.07) is 10.8. The Morgan fingerprint density at radius 2 is 1.82 bits per heavy atom. The van der Waals surface area contributed by atoms with Crippen molar-refractivity contribution in [2.24, 2.45) is 0 Å². The monoisotopic (exact) mass is 389 g/mol. The average molecular weight is 389 g/mol. The number of anilines is 1. The van der Waals surface area contributed by atoms with Crippen molar-refractivity contribution < 1.29 is 22.6 Å². The molecule has 8 heteroatoms. The van der Waals surface area contributed by atoms with E-state index >= 15 is 0 Å². The van der Waals surface area contributed by atoms with E-state index in [0.717, 1.165) is 11.6 Å². The highest BCUT2D eigenvalue weighted by Crippen LogP contribution is 2.43. The van der Waals surface area contributed by atoms with Gasteiger partial charge in [-0.15, -0.1) is 0 Å². The van der Waals surface area contributed by atoms with E-state index in [1.165, 1.54) is 31.0 Å². The van der Waals surface area contributed by atoms with Crippen LogP contribution in [-0.4, -0.2) is 30.5 Å². The lowest BCUT2D eigenvalue weighted by atomic mass is 10.1. The first-order chi connectivity index (χ1) is 13.5. The smallest absolute Gasteiger partial charge is 0.418 e. The van der Waals surface area contributed by atoms with Gasteiger partial charge in [0, 0.05) is 17.7 Å². The molecule has 1 aliphatic rings. The van der Waals surface area contributed by atoms with Crippen LogP contribution in [0.25, 0.3) is 16.9 Å². The fourth-order valence-corrected chi connectivity index (χ4v) is 3.54. The predicted molar refractivity (Wildman–Crippen MR) is 99.3 cm³/mol. The highest BCUT2D eigenvalue weighted by atomic mass is 19.4. The molecule has 0 saturated heterocycles. The molecule has 5 nitrogen and oxygen atoms in total. The fourth-order valence-electron chi connectivity index (χ4n) is 3.54. The number of ether oxygens (including phenoxy) is 2. The number of hydrogen-bond acceptors (Lipinski definition) is 4. The van der Waals surface area contributed by atoms with E-state index in [4.69, 9.17) is 9.47 Å². The molecule has 0 radical (unpaired) electrons. The average Bonchev–Trinajstić information content (AvgIpc) is 3.29. The van der Waals surface area contributed by atoms with Gasteiger partial charge in [0.05, 0.1) is 25.5 Å². The van der Waals surface area contributed by atoms with Gasteiger partial charge in [-0.2, -0.15) is 18.3 Å². The SMILES string of the molecule is COc1cccc(-c2nn(-c3ccccc3C(F)(F)F)c3c2CCN3)c1OC. The van der Waals surface area contributed by atoms with Gasteiger partial charge in [0.25, 0.3) is 0 Å². The summed E-state index contributed by atoms with van der Waals surface area (Å²) in [4.78, 5) is 0. The maximum Gasteiger partial charge on any atom is 0.418 e. The molecule has 0 saturated carbocycles. The van der Waals surface area contributed by atoms with Gasteiger partial charge in [0.15, 0.2) is 11.5 Å².